The van der Waals surface area contributed by atoms with Crippen molar-refractivity contribution in [1.82, 2.24) is 15.3 Å². The zero-order valence-corrected chi connectivity index (χ0v) is 10.9. The van der Waals surface area contributed by atoms with Crippen molar-refractivity contribution < 1.29 is 9.18 Å². The van der Waals surface area contributed by atoms with E-state index in [2.05, 4.69) is 15.3 Å². The van der Waals surface area contributed by atoms with E-state index in [1.54, 1.807) is 19.9 Å². The molecule has 0 bridgehead atoms. The van der Waals surface area contributed by atoms with Crippen LogP contribution in [-0.2, 0) is 11.3 Å². The fraction of sp³-hybridized carbons (Fsp3) is 0.385. The number of halogens is 1. The standard InChI is InChI=1S/C13H17FN4O/c1-7(8(2)15)13(19)16-6-12-17-10-4-3-9(14)5-11(10)18-12/h3-5,7-8H,6,15H2,1-2H3,(H,16,19)(H,17,18). The SMILES string of the molecule is CC(N)C(C)C(=O)NCc1nc2ccc(F)cc2[nH]1. The summed E-state index contributed by atoms with van der Waals surface area (Å²) in [5.74, 6) is -0.119. The Labute approximate surface area is 110 Å². The number of rotatable bonds is 4. The van der Waals surface area contributed by atoms with Crippen molar-refractivity contribution in [3.05, 3.63) is 29.8 Å². The van der Waals surface area contributed by atoms with Crippen LogP contribution in [0.25, 0.3) is 11.0 Å². The highest BCUT2D eigenvalue weighted by Gasteiger charge is 2.16. The number of aromatic amines is 1. The lowest BCUT2D eigenvalue weighted by molar-refractivity contribution is -0.125. The summed E-state index contributed by atoms with van der Waals surface area (Å²) in [5, 5.41) is 2.75. The van der Waals surface area contributed by atoms with Crippen LogP contribution < -0.4 is 11.1 Å². The maximum absolute atomic E-state index is 13.0. The van der Waals surface area contributed by atoms with Gasteiger partial charge in [0.2, 0.25) is 5.91 Å². The topological polar surface area (TPSA) is 83.8 Å². The second-order valence-corrected chi connectivity index (χ2v) is 4.71. The van der Waals surface area contributed by atoms with Crippen LogP contribution >= 0.6 is 0 Å². The molecule has 0 radical (unpaired) electrons. The molecule has 2 unspecified atom stereocenters. The lowest BCUT2D eigenvalue weighted by atomic mass is 10.0. The van der Waals surface area contributed by atoms with Crippen LogP contribution in [0, 0.1) is 11.7 Å². The van der Waals surface area contributed by atoms with E-state index in [0.29, 0.717) is 16.9 Å². The zero-order chi connectivity index (χ0) is 14.0. The van der Waals surface area contributed by atoms with Gasteiger partial charge in [-0.3, -0.25) is 4.79 Å². The van der Waals surface area contributed by atoms with E-state index >= 15 is 0 Å². The smallest absolute Gasteiger partial charge is 0.224 e. The van der Waals surface area contributed by atoms with Gasteiger partial charge in [-0.05, 0) is 25.1 Å². The Kier molecular flexibility index (Phi) is 3.80. The minimum Gasteiger partial charge on any atom is -0.349 e. The monoisotopic (exact) mass is 264 g/mol. The van der Waals surface area contributed by atoms with Crippen molar-refractivity contribution in [2.24, 2.45) is 11.7 Å². The average Bonchev–Trinajstić information content (AvgIpc) is 2.76. The second-order valence-electron chi connectivity index (χ2n) is 4.71. The summed E-state index contributed by atoms with van der Waals surface area (Å²) in [7, 11) is 0. The summed E-state index contributed by atoms with van der Waals surface area (Å²) < 4.78 is 13.0. The molecule has 2 atom stereocenters. The van der Waals surface area contributed by atoms with Crippen LogP contribution in [0.15, 0.2) is 18.2 Å². The van der Waals surface area contributed by atoms with Gasteiger partial charge < -0.3 is 16.0 Å². The van der Waals surface area contributed by atoms with Gasteiger partial charge in [0.05, 0.1) is 17.6 Å². The number of amides is 1. The summed E-state index contributed by atoms with van der Waals surface area (Å²) in [4.78, 5) is 19.0. The highest BCUT2D eigenvalue weighted by Crippen LogP contribution is 2.12. The molecule has 102 valence electrons. The highest BCUT2D eigenvalue weighted by molar-refractivity contribution is 5.79. The molecule has 1 amide bonds. The maximum Gasteiger partial charge on any atom is 0.224 e. The third-order valence-electron chi connectivity index (χ3n) is 3.13. The van der Waals surface area contributed by atoms with Gasteiger partial charge in [-0.1, -0.05) is 6.92 Å². The molecule has 5 nitrogen and oxygen atoms in total. The molecule has 1 aromatic heterocycles. The maximum atomic E-state index is 13.0. The quantitative estimate of drug-likeness (QED) is 0.778. The van der Waals surface area contributed by atoms with E-state index in [0.717, 1.165) is 0 Å². The molecule has 1 heterocycles. The van der Waals surface area contributed by atoms with Crippen LogP contribution in [0.3, 0.4) is 0 Å². The number of hydrogen-bond acceptors (Lipinski definition) is 3. The molecule has 2 aromatic rings. The largest absolute Gasteiger partial charge is 0.349 e. The van der Waals surface area contributed by atoms with E-state index in [-0.39, 0.29) is 30.2 Å². The van der Waals surface area contributed by atoms with Crippen LogP contribution in [0.1, 0.15) is 19.7 Å². The number of fused-ring (bicyclic) bond motifs is 1. The van der Waals surface area contributed by atoms with Crippen LogP contribution in [0.5, 0.6) is 0 Å². The highest BCUT2D eigenvalue weighted by atomic mass is 19.1. The Balaban J connectivity index is 2.04. The van der Waals surface area contributed by atoms with Crippen molar-refractivity contribution in [2.75, 3.05) is 0 Å². The lowest BCUT2D eigenvalue weighted by Crippen LogP contribution is -2.38. The molecule has 0 saturated carbocycles. The number of carbonyl (C=O) groups excluding carboxylic acids is 1. The third kappa shape index (κ3) is 3.08. The van der Waals surface area contributed by atoms with Gasteiger partial charge in [-0.2, -0.15) is 0 Å². The Morgan fingerprint density at radius 2 is 2.26 bits per heavy atom. The molecule has 0 aliphatic carbocycles. The Bertz CT molecular complexity index is 593. The minimum absolute atomic E-state index is 0.123. The summed E-state index contributed by atoms with van der Waals surface area (Å²) >= 11 is 0. The predicted octanol–water partition coefficient (Wildman–Crippen LogP) is 1.30. The minimum atomic E-state index is -0.322. The Morgan fingerprint density at radius 3 is 2.95 bits per heavy atom. The molecule has 0 spiro atoms. The Morgan fingerprint density at radius 1 is 1.53 bits per heavy atom. The number of hydrogen-bond donors (Lipinski definition) is 3. The second kappa shape index (κ2) is 5.36. The summed E-state index contributed by atoms with van der Waals surface area (Å²) in [6, 6.07) is 4.11. The van der Waals surface area contributed by atoms with Gasteiger partial charge in [0.15, 0.2) is 0 Å². The fourth-order valence-corrected chi connectivity index (χ4v) is 1.69. The van der Waals surface area contributed by atoms with E-state index < -0.39 is 0 Å². The van der Waals surface area contributed by atoms with Crippen LogP contribution in [0.4, 0.5) is 4.39 Å². The number of imidazole rings is 1. The number of aromatic nitrogens is 2. The van der Waals surface area contributed by atoms with Gasteiger partial charge in [0.1, 0.15) is 11.6 Å². The normalized spacial score (nSPS) is 14.3. The first-order valence-electron chi connectivity index (χ1n) is 6.15. The van der Waals surface area contributed by atoms with E-state index in [1.165, 1.54) is 12.1 Å². The first kappa shape index (κ1) is 13.5. The molecule has 6 heteroatoms. The van der Waals surface area contributed by atoms with Crippen molar-refractivity contribution in [2.45, 2.75) is 26.4 Å². The lowest BCUT2D eigenvalue weighted by Gasteiger charge is -2.14. The molecule has 0 aliphatic rings. The van der Waals surface area contributed by atoms with Crippen molar-refractivity contribution >= 4 is 16.9 Å². The first-order chi connectivity index (χ1) is 8.97. The van der Waals surface area contributed by atoms with Gasteiger partial charge in [0, 0.05) is 12.0 Å². The van der Waals surface area contributed by atoms with E-state index in [1.807, 2.05) is 0 Å². The zero-order valence-electron chi connectivity index (χ0n) is 10.9. The number of H-pyrrole nitrogens is 1. The molecule has 2 rings (SSSR count). The van der Waals surface area contributed by atoms with Crippen molar-refractivity contribution in [3.63, 3.8) is 0 Å². The number of benzene rings is 1. The molecule has 0 saturated heterocycles. The molecule has 19 heavy (non-hydrogen) atoms. The molecular formula is C13H17FN4O. The Hall–Kier alpha value is -1.95. The molecule has 0 fully saturated rings. The van der Waals surface area contributed by atoms with Gasteiger partial charge in [0.25, 0.3) is 0 Å². The predicted molar refractivity (Wildman–Crippen MR) is 70.7 cm³/mol. The molecular weight excluding hydrogens is 247 g/mol. The van der Waals surface area contributed by atoms with Gasteiger partial charge >= 0.3 is 0 Å². The molecule has 1 aromatic carbocycles. The van der Waals surface area contributed by atoms with E-state index in [9.17, 15) is 9.18 Å². The van der Waals surface area contributed by atoms with Crippen LogP contribution in [-0.4, -0.2) is 21.9 Å². The van der Waals surface area contributed by atoms with Gasteiger partial charge in [-0.25, -0.2) is 9.37 Å². The summed E-state index contributed by atoms with van der Waals surface area (Å²) in [6.07, 6.45) is 0. The fourth-order valence-electron chi connectivity index (χ4n) is 1.69. The first-order valence-corrected chi connectivity index (χ1v) is 6.15. The summed E-state index contributed by atoms with van der Waals surface area (Å²) in [5.41, 5.74) is 6.95. The van der Waals surface area contributed by atoms with E-state index in [4.69, 9.17) is 5.73 Å². The number of carbonyl (C=O) groups is 1. The third-order valence-corrected chi connectivity index (χ3v) is 3.13. The number of nitrogens with two attached hydrogens (primary N) is 1. The van der Waals surface area contributed by atoms with Crippen molar-refractivity contribution in [1.29, 1.82) is 0 Å². The van der Waals surface area contributed by atoms with Gasteiger partial charge in [-0.15, -0.1) is 0 Å². The van der Waals surface area contributed by atoms with Crippen LogP contribution in [0.2, 0.25) is 0 Å². The number of nitrogens with zero attached hydrogens (tertiary/aromatic N) is 1. The molecule has 0 aliphatic heterocycles. The average molecular weight is 264 g/mol. The summed E-state index contributed by atoms with van der Waals surface area (Å²) in [6.45, 7) is 3.83. The number of nitrogens with one attached hydrogen (secondary N) is 2. The van der Waals surface area contributed by atoms with Crippen molar-refractivity contribution in [3.8, 4) is 0 Å². The molecule has 4 N–H and O–H groups in total.